The van der Waals surface area contributed by atoms with Gasteiger partial charge in [-0.3, -0.25) is 9.59 Å². The Kier molecular flexibility index (Phi) is 8.68. The molecule has 2 amide bonds. The number of amides is 2. The smallest absolute Gasteiger partial charge is 0.243 e. The molecule has 2 rings (SSSR count). The summed E-state index contributed by atoms with van der Waals surface area (Å²) >= 11 is 0. The van der Waals surface area contributed by atoms with E-state index in [4.69, 9.17) is 4.74 Å². The van der Waals surface area contributed by atoms with Crippen molar-refractivity contribution < 1.29 is 14.3 Å². The molecule has 0 spiro atoms. The summed E-state index contributed by atoms with van der Waals surface area (Å²) in [5.74, 6) is -0.383. The molecule has 1 aliphatic heterocycles. The Morgan fingerprint density at radius 3 is 2.41 bits per heavy atom. The van der Waals surface area contributed by atoms with Crippen LogP contribution in [0.4, 0.5) is 0 Å². The maximum Gasteiger partial charge on any atom is 0.243 e. The zero-order valence-electron chi connectivity index (χ0n) is 17.3. The van der Waals surface area contributed by atoms with Crippen LogP contribution in [0.25, 0.3) is 0 Å². The molecule has 29 heavy (non-hydrogen) atoms. The molecule has 0 unspecified atom stereocenters. The summed E-state index contributed by atoms with van der Waals surface area (Å²) < 4.78 is 5.37. The van der Waals surface area contributed by atoms with Crippen LogP contribution in [0.2, 0.25) is 0 Å². The minimum absolute atomic E-state index is 0.0896. The van der Waals surface area contributed by atoms with Gasteiger partial charge in [-0.05, 0) is 11.5 Å². The van der Waals surface area contributed by atoms with Crippen molar-refractivity contribution in [3.8, 4) is 6.19 Å². The summed E-state index contributed by atoms with van der Waals surface area (Å²) in [6, 6.07) is 9.20. The number of nitriles is 1. The van der Waals surface area contributed by atoms with E-state index in [1.165, 1.54) is 0 Å². The molecule has 156 valence electrons. The van der Waals surface area contributed by atoms with Gasteiger partial charge in [0.05, 0.1) is 26.2 Å². The lowest BCUT2D eigenvalue weighted by Crippen LogP contribution is -2.46. The molecule has 1 saturated heterocycles. The topological polar surface area (TPSA) is 76.9 Å². The fourth-order valence-electron chi connectivity index (χ4n) is 3.18. The van der Waals surface area contributed by atoms with Crippen molar-refractivity contribution in [1.82, 2.24) is 14.7 Å². The van der Waals surface area contributed by atoms with Crippen LogP contribution in [0, 0.1) is 17.4 Å². The van der Waals surface area contributed by atoms with Gasteiger partial charge in [0, 0.05) is 25.3 Å². The van der Waals surface area contributed by atoms with E-state index < -0.39 is 0 Å². The number of benzene rings is 1. The summed E-state index contributed by atoms with van der Waals surface area (Å²) in [7, 11) is 0. The maximum absolute atomic E-state index is 12.9. The normalized spacial score (nSPS) is 13.7. The van der Waals surface area contributed by atoms with Crippen molar-refractivity contribution in [2.45, 2.75) is 20.3 Å². The molecule has 1 fully saturated rings. The molecule has 0 aromatic heterocycles. The first-order valence-electron chi connectivity index (χ1n) is 9.93. The summed E-state index contributed by atoms with van der Waals surface area (Å²) in [6.07, 6.45) is 1.95. The largest absolute Gasteiger partial charge is 0.378 e. The van der Waals surface area contributed by atoms with Crippen LogP contribution in [-0.4, -0.2) is 72.5 Å². The van der Waals surface area contributed by atoms with E-state index in [9.17, 15) is 14.9 Å². The Bertz CT molecular complexity index is 736. The van der Waals surface area contributed by atoms with Gasteiger partial charge in [-0.1, -0.05) is 50.8 Å². The number of morpholine rings is 1. The molecule has 1 aromatic rings. The summed E-state index contributed by atoms with van der Waals surface area (Å²) in [6.45, 7) is 11.6. The number of hydrogen-bond donors (Lipinski definition) is 0. The van der Waals surface area contributed by atoms with E-state index in [1.54, 1.807) is 4.90 Å². The van der Waals surface area contributed by atoms with Crippen molar-refractivity contribution in [3.05, 3.63) is 48.2 Å². The SMILES string of the molecule is C=C(CN(CC(C)C)C(=O)CN(C#N)C(=O)Cc1ccccc1)N1CCOCC1. The van der Waals surface area contributed by atoms with Gasteiger partial charge in [-0.2, -0.15) is 5.26 Å². The molecular weight excluding hydrogens is 368 g/mol. The Labute approximate surface area is 173 Å². The molecule has 1 aliphatic rings. The second-order valence-corrected chi connectivity index (χ2v) is 7.58. The van der Waals surface area contributed by atoms with Crippen molar-refractivity contribution in [1.29, 1.82) is 5.26 Å². The fraction of sp³-hybridized carbons (Fsp3) is 0.500. The van der Waals surface area contributed by atoms with E-state index in [0.717, 1.165) is 29.2 Å². The van der Waals surface area contributed by atoms with Crippen LogP contribution in [0.15, 0.2) is 42.6 Å². The Hall–Kier alpha value is -2.85. The minimum atomic E-state index is -0.386. The lowest BCUT2D eigenvalue weighted by Gasteiger charge is -2.34. The average Bonchev–Trinajstić information content (AvgIpc) is 2.72. The lowest BCUT2D eigenvalue weighted by atomic mass is 10.1. The highest BCUT2D eigenvalue weighted by molar-refractivity contribution is 5.87. The fourth-order valence-corrected chi connectivity index (χ4v) is 3.18. The third kappa shape index (κ3) is 7.24. The summed E-state index contributed by atoms with van der Waals surface area (Å²) in [4.78, 5) is 30.2. The van der Waals surface area contributed by atoms with Crippen LogP contribution >= 0.6 is 0 Å². The number of rotatable bonds is 9. The highest BCUT2D eigenvalue weighted by Crippen LogP contribution is 2.11. The third-order valence-corrected chi connectivity index (χ3v) is 4.68. The zero-order chi connectivity index (χ0) is 21.2. The van der Waals surface area contributed by atoms with Gasteiger partial charge in [0.1, 0.15) is 6.54 Å². The van der Waals surface area contributed by atoms with Crippen LogP contribution in [0.3, 0.4) is 0 Å². The second kappa shape index (κ2) is 11.2. The Morgan fingerprint density at radius 1 is 1.17 bits per heavy atom. The highest BCUT2D eigenvalue weighted by Gasteiger charge is 2.24. The quantitative estimate of drug-likeness (QED) is 0.469. The predicted molar refractivity (Wildman–Crippen MR) is 110 cm³/mol. The first kappa shape index (κ1) is 22.4. The molecule has 0 atom stereocenters. The van der Waals surface area contributed by atoms with E-state index in [0.29, 0.717) is 26.3 Å². The second-order valence-electron chi connectivity index (χ2n) is 7.58. The van der Waals surface area contributed by atoms with Gasteiger partial charge in [0.2, 0.25) is 11.8 Å². The van der Waals surface area contributed by atoms with Crippen LogP contribution < -0.4 is 0 Å². The third-order valence-electron chi connectivity index (χ3n) is 4.68. The molecule has 7 heteroatoms. The van der Waals surface area contributed by atoms with E-state index in [-0.39, 0.29) is 30.7 Å². The minimum Gasteiger partial charge on any atom is -0.378 e. The highest BCUT2D eigenvalue weighted by atomic mass is 16.5. The predicted octanol–water partition coefficient (Wildman–Crippen LogP) is 1.87. The first-order valence-corrected chi connectivity index (χ1v) is 9.93. The summed E-state index contributed by atoms with van der Waals surface area (Å²) in [5, 5.41) is 9.42. The van der Waals surface area contributed by atoms with E-state index in [2.05, 4.69) is 11.5 Å². The van der Waals surface area contributed by atoms with Crippen molar-refractivity contribution in [2.24, 2.45) is 5.92 Å². The molecule has 0 N–H and O–H groups in total. The number of ether oxygens (including phenoxy) is 1. The van der Waals surface area contributed by atoms with Gasteiger partial charge in [-0.15, -0.1) is 0 Å². The van der Waals surface area contributed by atoms with Gasteiger partial charge in [-0.25, -0.2) is 4.90 Å². The number of carbonyl (C=O) groups excluding carboxylic acids is 2. The molecule has 1 aromatic carbocycles. The number of carbonyl (C=O) groups is 2. The van der Waals surface area contributed by atoms with Gasteiger partial charge in [0.15, 0.2) is 6.19 Å². The number of hydrogen-bond acceptors (Lipinski definition) is 5. The van der Waals surface area contributed by atoms with Crippen LogP contribution in [0.1, 0.15) is 19.4 Å². The molecular formula is C22H30N4O3. The number of nitrogens with zero attached hydrogens (tertiary/aromatic N) is 4. The molecule has 0 saturated carbocycles. The van der Waals surface area contributed by atoms with Crippen molar-refractivity contribution in [2.75, 3.05) is 45.9 Å². The average molecular weight is 399 g/mol. The maximum atomic E-state index is 12.9. The Balaban J connectivity index is 2.00. The van der Waals surface area contributed by atoms with Gasteiger partial charge < -0.3 is 14.5 Å². The van der Waals surface area contributed by atoms with Gasteiger partial charge >= 0.3 is 0 Å². The molecule has 0 radical (unpaired) electrons. The Morgan fingerprint density at radius 2 is 1.83 bits per heavy atom. The lowest BCUT2D eigenvalue weighted by molar-refractivity contribution is -0.138. The van der Waals surface area contributed by atoms with Crippen molar-refractivity contribution >= 4 is 11.8 Å². The zero-order valence-corrected chi connectivity index (χ0v) is 17.3. The summed E-state index contributed by atoms with van der Waals surface area (Å²) in [5.41, 5.74) is 1.66. The van der Waals surface area contributed by atoms with E-state index in [1.807, 2.05) is 50.4 Å². The molecule has 7 nitrogen and oxygen atoms in total. The van der Waals surface area contributed by atoms with E-state index >= 15 is 0 Å². The monoisotopic (exact) mass is 398 g/mol. The van der Waals surface area contributed by atoms with Crippen molar-refractivity contribution in [3.63, 3.8) is 0 Å². The first-order chi connectivity index (χ1) is 13.9. The van der Waals surface area contributed by atoms with Crippen LogP contribution in [-0.2, 0) is 20.7 Å². The molecule has 1 heterocycles. The molecule has 0 aliphatic carbocycles. The molecule has 0 bridgehead atoms. The van der Waals surface area contributed by atoms with Gasteiger partial charge in [0.25, 0.3) is 0 Å². The standard InChI is InChI=1S/C22H30N4O3/c1-18(2)14-25(15-19(3)24-9-11-29-12-10-24)22(28)16-26(17-23)21(27)13-20-7-5-4-6-8-20/h4-8,18H,3,9-16H2,1-2H3. The van der Waals surface area contributed by atoms with Crippen LogP contribution in [0.5, 0.6) is 0 Å².